The van der Waals surface area contributed by atoms with Gasteiger partial charge in [0.1, 0.15) is 0 Å². The van der Waals surface area contributed by atoms with Crippen LogP contribution < -0.4 is 0 Å². The van der Waals surface area contributed by atoms with Gasteiger partial charge >= 0.3 is 0 Å². The van der Waals surface area contributed by atoms with Crippen molar-refractivity contribution in [2.24, 2.45) is 0 Å². The molecular weight excluding hydrogens is 725 g/mol. The molecule has 0 saturated carbocycles. The molecule has 1 heterocycles. The van der Waals surface area contributed by atoms with Crippen molar-refractivity contribution in [2.45, 2.75) is 0 Å². The SMILES string of the molecule is c1ccc(-c2ccc(-c3cc(-c4cc(-c5ccccc5)cc(-c5ccccc5)c4)nc(-c4ccc(-c5c6ccccc6cc6c5ccc5ccccc56)cc4)n3)cc2)cc1. The highest BCUT2D eigenvalue weighted by Crippen LogP contribution is 2.40. The highest BCUT2D eigenvalue weighted by atomic mass is 14.9. The summed E-state index contributed by atoms with van der Waals surface area (Å²) in [5.41, 5.74) is 14.1. The molecule has 0 spiro atoms. The van der Waals surface area contributed by atoms with E-state index in [0.717, 1.165) is 55.9 Å². The highest BCUT2D eigenvalue weighted by Gasteiger charge is 2.16. The highest BCUT2D eigenvalue weighted by molar-refractivity contribution is 6.20. The van der Waals surface area contributed by atoms with Crippen LogP contribution in [0.25, 0.3) is 111 Å². The first-order chi connectivity index (χ1) is 29.7. The lowest BCUT2D eigenvalue weighted by molar-refractivity contribution is 1.18. The van der Waals surface area contributed by atoms with Gasteiger partial charge in [-0.1, -0.05) is 200 Å². The Bertz CT molecular complexity index is 3260. The summed E-state index contributed by atoms with van der Waals surface area (Å²) in [6, 6.07) is 82.4. The fraction of sp³-hybridized carbons (Fsp3) is 0. The van der Waals surface area contributed by atoms with Crippen molar-refractivity contribution < 1.29 is 0 Å². The lowest BCUT2D eigenvalue weighted by atomic mass is 9.89. The zero-order valence-electron chi connectivity index (χ0n) is 32.8. The van der Waals surface area contributed by atoms with Crippen LogP contribution in [0.4, 0.5) is 0 Å². The monoisotopic (exact) mass is 762 g/mol. The van der Waals surface area contributed by atoms with Gasteiger partial charge in [0.25, 0.3) is 0 Å². The largest absolute Gasteiger partial charge is 0.228 e. The Kier molecular flexibility index (Phi) is 8.87. The number of nitrogens with zero attached hydrogens (tertiary/aromatic N) is 2. The average Bonchev–Trinajstić information content (AvgIpc) is 3.34. The molecule has 0 amide bonds. The van der Waals surface area contributed by atoms with E-state index in [1.165, 1.54) is 49.0 Å². The third-order valence-electron chi connectivity index (χ3n) is 11.7. The zero-order valence-corrected chi connectivity index (χ0v) is 32.8. The van der Waals surface area contributed by atoms with Crippen LogP contribution >= 0.6 is 0 Å². The Labute approximate surface area is 349 Å². The lowest BCUT2D eigenvalue weighted by Crippen LogP contribution is -1.97. The van der Waals surface area contributed by atoms with Crippen LogP contribution in [0.5, 0.6) is 0 Å². The van der Waals surface area contributed by atoms with Crippen LogP contribution in [0.2, 0.25) is 0 Å². The first-order valence-corrected chi connectivity index (χ1v) is 20.5. The molecular formula is C58H38N2. The molecule has 60 heavy (non-hydrogen) atoms. The minimum atomic E-state index is 0.682. The summed E-state index contributed by atoms with van der Waals surface area (Å²) < 4.78 is 0. The van der Waals surface area contributed by atoms with Gasteiger partial charge in [-0.25, -0.2) is 9.97 Å². The van der Waals surface area contributed by atoms with Crippen molar-refractivity contribution in [3.63, 3.8) is 0 Å². The molecule has 0 atom stereocenters. The van der Waals surface area contributed by atoms with Crippen molar-refractivity contribution in [2.75, 3.05) is 0 Å². The number of aromatic nitrogens is 2. The second-order valence-corrected chi connectivity index (χ2v) is 15.4. The summed E-state index contributed by atoms with van der Waals surface area (Å²) in [7, 11) is 0. The summed E-state index contributed by atoms with van der Waals surface area (Å²) in [5, 5.41) is 7.48. The quantitative estimate of drug-likeness (QED) is 0.119. The Hall–Kier alpha value is -7.94. The predicted octanol–water partition coefficient (Wildman–Crippen LogP) is 15.6. The maximum atomic E-state index is 5.36. The molecule has 0 fully saturated rings. The van der Waals surface area contributed by atoms with Crippen molar-refractivity contribution in [3.05, 3.63) is 231 Å². The lowest BCUT2D eigenvalue weighted by Gasteiger charge is -2.15. The maximum Gasteiger partial charge on any atom is 0.160 e. The first kappa shape index (κ1) is 35.2. The van der Waals surface area contributed by atoms with Crippen molar-refractivity contribution in [3.8, 4) is 78.4 Å². The number of hydrogen-bond acceptors (Lipinski definition) is 2. The number of rotatable bonds is 7. The van der Waals surface area contributed by atoms with E-state index in [2.05, 4.69) is 231 Å². The van der Waals surface area contributed by atoms with Gasteiger partial charge in [0.05, 0.1) is 11.4 Å². The molecule has 11 aromatic rings. The Morgan fingerprint density at radius 2 is 0.667 bits per heavy atom. The van der Waals surface area contributed by atoms with Gasteiger partial charge in [-0.2, -0.15) is 0 Å². The average molecular weight is 763 g/mol. The third-order valence-corrected chi connectivity index (χ3v) is 11.7. The minimum absolute atomic E-state index is 0.682. The molecule has 0 aliphatic heterocycles. The van der Waals surface area contributed by atoms with E-state index in [4.69, 9.17) is 9.97 Å². The zero-order chi connectivity index (χ0) is 39.8. The molecule has 0 bridgehead atoms. The van der Waals surface area contributed by atoms with Gasteiger partial charge in [-0.15, -0.1) is 0 Å². The predicted molar refractivity (Wildman–Crippen MR) is 253 cm³/mol. The van der Waals surface area contributed by atoms with E-state index in [1.54, 1.807) is 0 Å². The molecule has 1 aromatic heterocycles. The second kappa shape index (κ2) is 15.1. The number of hydrogen-bond donors (Lipinski definition) is 0. The molecule has 280 valence electrons. The molecule has 0 aliphatic rings. The number of benzene rings is 10. The van der Waals surface area contributed by atoms with Crippen LogP contribution in [0.1, 0.15) is 0 Å². The molecule has 0 unspecified atom stereocenters. The van der Waals surface area contributed by atoms with Crippen LogP contribution in [0.15, 0.2) is 231 Å². The molecule has 0 N–H and O–H groups in total. The topological polar surface area (TPSA) is 25.8 Å². The van der Waals surface area contributed by atoms with Crippen LogP contribution in [-0.4, -0.2) is 9.97 Å². The van der Waals surface area contributed by atoms with E-state index in [-0.39, 0.29) is 0 Å². The van der Waals surface area contributed by atoms with E-state index < -0.39 is 0 Å². The van der Waals surface area contributed by atoms with Gasteiger partial charge in [0.15, 0.2) is 5.82 Å². The summed E-state index contributed by atoms with van der Waals surface area (Å²) in [5.74, 6) is 0.682. The minimum Gasteiger partial charge on any atom is -0.228 e. The summed E-state index contributed by atoms with van der Waals surface area (Å²) >= 11 is 0. The van der Waals surface area contributed by atoms with E-state index >= 15 is 0 Å². The molecule has 11 rings (SSSR count). The fourth-order valence-electron chi connectivity index (χ4n) is 8.62. The molecule has 10 aromatic carbocycles. The fourth-order valence-corrected chi connectivity index (χ4v) is 8.62. The summed E-state index contributed by atoms with van der Waals surface area (Å²) in [6.45, 7) is 0. The van der Waals surface area contributed by atoms with Crippen molar-refractivity contribution in [1.29, 1.82) is 0 Å². The van der Waals surface area contributed by atoms with Crippen LogP contribution in [0, 0.1) is 0 Å². The van der Waals surface area contributed by atoms with Crippen LogP contribution in [-0.2, 0) is 0 Å². The maximum absolute atomic E-state index is 5.36. The third kappa shape index (κ3) is 6.61. The Morgan fingerprint density at radius 3 is 1.30 bits per heavy atom. The van der Waals surface area contributed by atoms with Crippen molar-refractivity contribution >= 4 is 32.3 Å². The Balaban J connectivity index is 1.07. The van der Waals surface area contributed by atoms with Gasteiger partial charge in [-0.05, 0) is 107 Å². The molecule has 2 heteroatoms. The molecule has 0 radical (unpaired) electrons. The van der Waals surface area contributed by atoms with Gasteiger partial charge in [-0.3, -0.25) is 0 Å². The van der Waals surface area contributed by atoms with Crippen LogP contribution in [0.3, 0.4) is 0 Å². The van der Waals surface area contributed by atoms with E-state index in [0.29, 0.717) is 5.82 Å². The van der Waals surface area contributed by atoms with Gasteiger partial charge in [0, 0.05) is 16.7 Å². The van der Waals surface area contributed by atoms with E-state index in [9.17, 15) is 0 Å². The first-order valence-electron chi connectivity index (χ1n) is 20.5. The number of fused-ring (bicyclic) bond motifs is 4. The smallest absolute Gasteiger partial charge is 0.160 e. The normalized spacial score (nSPS) is 11.3. The van der Waals surface area contributed by atoms with Gasteiger partial charge < -0.3 is 0 Å². The van der Waals surface area contributed by atoms with Gasteiger partial charge in [0.2, 0.25) is 0 Å². The standard InChI is InChI=1S/C58H38N2/c1-4-14-39(15-5-1)42-24-26-44(27-25-42)55-38-56(50-35-48(40-16-6-2-7-17-40)34-49(36-50)41-18-8-3-9-19-41)60-58(59-55)46-30-28-45(29-31-46)57-52-23-13-11-21-47(52)37-54-51-22-12-10-20-43(51)32-33-53(54)57/h1-38H. The molecule has 0 aliphatic carbocycles. The van der Waals surface area contributed by atoms with Crippen molar-refractivity contribution in [1.82, 2.24) is 9.97 Å². The molecule has 0 saturated heterocycles. The molecule has 2 nitrogen and oxygen atoms in total. The second-order valence-electron chi connectivity index (χ2n) is 15.4. The summed E-state index contributed by atoms with van der Waals surface area (Å²) in [6.07, 6.45) is 0. The summed E-state index contributed by atoms with van der Waals surface area (Å²) in [4.78, 5) is 10.6. The Morgan fingerprint density at radius 1 is 0.217 bits per heavy atom. The van der Waals surface area contributed by atoms with E-state index in [1.807, 2.05) is 0 Å².